The number of benzene rings is 1. The van der Waals surface area contributed by atoms with E-state index < -0.39 is 0 Å². The van der Waals surface area contributed by atoms with Gasteiger partial charge in [-0.2, -0.15) is 0 Å². The van der Waals surface area contributed by atoms with Crippen molar-refractivity contribution in [1.82, 2.24) is 15.3 Å². The largest absolute Gasteiger partial charge is 0.357 e. The molecule has 0 radical (unpaired) electrons. The Hall–Kier alpha value is -2.43. The highest BCUT2D eigenvalue weighted by Crippen LogP contribution is 2.17. The van der Waals surface area contributed by atoms with Crippen molar-refractivity contribution in [3.63, 3.8) is 0 Å². The first kappa shape index (κ1) is 9.77. The van der Waals surface area contributed by atoms with E-state index in [4.69, 9.17) is 0 Å². The maximum absolute atomic E-state index is 11.0. The van der Waals surface area contributed by atoms with Gasteiger partial charge in [0.2, 0.25) is 5.91 Å². The maximum atomic E-state index is 11.0. The van der Waals surface area contributed by atoms with Gasteiger partial charge in [0.05, 0.1) is 17.6 Å². The zero-order chi connectivity index (χ0) is 11.7. The molecule has 0 saturated carbocycles. The molecule has 0 aliphatic carbocycles. The molecule has 3 rings (SSSR count). The Bertz CT molecular complexity index is 621. The van der Waals surface area contributed by atoms with Gasteiger partial charge in [0.1, 0.15) is 0 Å². The number of anilines is 1. The highest BCUT2D eigenvalue weighted by Gasteiger charge is 2.10. The molecule has 0 spiro atoms. The summed E-state index contributed by atoms with van der Waals surface area (Å²) >= 11 is 0. The summed E-state index contributed by atoms with van der Waals surface area (Å²) in [5.41, 5.74) is 3.45. The minimum Gasteiger partial charge on any atom is -0.357 e. The van der Waals surface area contributed by atoms with Crippen molar-refractivity contribution < 1.29 is 4.79 Å². The minimum absolute atomic E-state index is 0.0620. The fourth-order valence-electron chi connectivity index (χ4n) is 1.75. The third kappa shape index (κ3) is 1.94. The number of amides is 1. The van der Waals surface area contributed by atoms with Crippen LogP contribution in [0.5, 0.6) is 0 Å². The molecule has 1 aliphatic rings. The van der Waals surface area contributed by atoms with E-state index in [9.17, 15) is 4.79 Å². The molecule has 84 valence electrons. The predicted octanol–water partition coefficient (Wildman–Crippen LogP) is 1.06. The smallest absolute Gasteiger partial charge is 0.246 e. The minimum atomic E-state index is -0.0620. The molecule has 0 fully saturated rings. The molecule has 1 aromatic heterocycles. The number of fused-ring (bicyclic) bond motifs is 1. The van der Waals surface area contributed by atoms with Gasteiger partial charge in [-0.1, -0.05) is 0 Å². The van der Waals surface area contributed by atoms with Gasteiger partial charge < -0.3 is 10.6 Å². The summed E-state index contributed by atoms with van der Waals surface area (Å²) < 4.78 is 0. The lowest BCUT2D eigenvalue weighted by atomic mass is 10.2. The zero-order valence-electron chi connectivity index (χ0n) is 8.97. The van der Waals surface area contributed by atoms with Gasteiger partial charge in [-0.15, -0.1) is 0 Å². The van der Waals surface area contributed by atoms with Crippen LogP contribution in [-0.2, 0) is 4.79 Å². The number of carbonyl (C=O) groups is 1. The van der Waals surface area contributed by atoms with E-state index in [1.54, 1.807) is 18.5 Å². The summed E-state index contributed by atoms with van der Waals surface area (Å²) in [4.78, 5) is 19.4. The maximum Gasteiger partial charge on any atom is 0.246 e. The molecular weight excluding hydrogens is 216 g/mol. The molecule has 1 amide bonds. The van der Waals surface area contributed by atoms with Crippen molar-refractivity contribution in [2.45, 2.75) is 0 Å². The Morgan fingerprint density at radius 1 is 1.18 bits per heavy atom. The highest BCUT2D eigenvalue weighted by molar-refractivity contribution is 5.92. The van der Waals surface area contributed by atoms with E-state index >= 15 is 0 Å². The molecule has 2 heterocycles. The highest BCUT2D eigenvalue weighted by atomic mass is 16.1. The molecule has 17 heavy (non-hydrogen) atoms. The van der Waals surface area contributed by atoms with Crippen molar-refractivity contribution in [1.29, 1.82) is 0 Å². The molecule has 5 heteroatoms. The van der Waals surface area contributed by atoms with Crippen LogP contribution in [0.3, 0.4) is 0 Å². The first-order chi connectivity index (χ1) is 8.31. The third-order valence-electron chi connectivity index (χ3n) is 2.53. The van der Waals surface area contributed by atoms with E-state index in [1.807, 2.05) is 18.2 Å². The van der Waals surface area contributed by atoms with Gasteiger partial charge in [0.25, 0.3) is 0 Å². The number of nitrogens with one attached hydrogen (secondary N) is 2. The van der Waals surface area contributed by atoms with Gasteiger partial charge in [-0.3, -0.25) is 14.8 Å². The van der Waals surface area contributed by atoms with Crippen LogP contribution in [-0.4, -0.2) is 22.4 Å². The molecule has 0 bridgehead atoms. The van der Waals surface area contributed by atoms with Crippen molar-refractivity contribution in [3.05, 3.63) is 42.4 Å². The van der Waals surface area contributed by atoms with Gasteiger partial charge in [-0.05, 0) is 18.2 Å². The number of nitrogens with zero attached hydrogens (tertiary/aromatic N) is 2. The molecule has 0 atom stereocenters. The summed E-state index contributed by atoms with van der Waals surface area (Å²) in [5.74, 6) is -0.0620. The Morgan fingerprint density at radius 3 is 2.76 bits per heavy atom. The lowest BCUT2D eigenvalue weighted by Gasteiger charge is -2.06. The van der Waals surface area contributed by atoms with Crippen LogP contribution in [0.15, 0.2) is 42.4 Å². The number of hydrogen-bond donors (Lipinski definition) is 2. The van der Waals surface area contributed by atoms with Crippen LogP contribution in [0.1, 0.15) is 0 Å². The van der Waals surface area contributed by atoms with Crippen molar-refractivity contribution in [3.8, 4) is 0 Å². The van der Waals surface area contributed by atoms with Gasteiger partial charge in [0, 0.05) is 29.9 Å². The molecule has 0 saturated heterocycles. The number of hydrogen-bond acceptors (Lipinski definition) is 4. The third-order valence-corrected chi connectivity index (χ3v) is 2.53. The van der Waals surface area contributed by atoms with Crippen molar-refractivity contribution in [2.75, 3.05) is 11.9 Å². The number of rotatable bonds is 2. The second-order valence-electron chi connectivity index (χ2n) is 3.77. The van der Waals surface area contributed by atoms with E-state index in [1.165, 1.54) is 0 Å². The van der Waals surface area contributed by atoms with Crippen LogP contribution in [0, 0.1) is 0 Å². The number of aromatic nitrogens is 2. The average molecular weight is 226 g/mol. The Kier molecular flexibility index (Phi) is 2.22. The molecule has 1 aromatic carbocycles. The second kappa shape index (κ2) is 3.86. The molecule has 2 N–H and O–H groups in total. The van der Waals surface area contributed by atoms with Crippen LogP contribution in [0.2, 0.25) is 0 Å². The Morgan fingerprint density at radius 2 is 2.00 bits per heavy atom. The first-order valence-electron chi connectivity index (χ1n) is 5.27. The second-order valence-corrected chi connectivity index (χ2v) is 3.77. The molecule has 2 aromatic rings. The van der Waals surface area contributed by atoms with E-state index in [-0.39, 0.29) is 5.91 Å². The van der Waals surface area contributed by atoms with E-state index in [0.717, 1.165) is 22.4 Å². The van der Waals surface area contributed by atoms with Gasteiger partial charge in [0.15, 0.2) is 0 Å². The average Bonchev–Trinajstić information content (AvgIpc) is 2.75. The first-order valence-corrected chi connectivity index (χ1v) is 5.27. The summed E-state index contributed by atoms with van der Waals surface area (Å²) in [6.07, 6.45) is 4.88. The molecule has 0 unspecified atom stereocenters. The monoisotopic (exact) mass is 226 g/mol. The van der Waals surface area contributed by atoms with Crippen LogP contribution >= 0.6 is 0 Å². The lowest BCUT2D eigenvalue weighted by Crippen LogP contribution is -2.16. The van der Waals surface area contributed by atoms with Crippen molar-refractivity contribution >= 4 is 22.6 Å². The Balaban J connectivity index is 1.91. The van der Waals surface area contributed by atoms with Gasteiger partial charge in [-0.25, -0.2) is 0 Å². The predicted molar refractivity (Wildman–Crippen MR) is 64.3 cm³/mol. The van der Waals surface area contributed by atoms with Crippen LogP contribution in [0.25, 0.3) is 11.0 Å². The van der Waals surface area contributed by atoms with Crippen LogP contribution < -0.4 is 10.6 Å². The summed E-state index contributed by atoms with van der Waals surface area (Å²) in [6, 6.07) is 5.72. The van der Waals surface area contributed by atoms with E-state index in [0.29, 0.717) is 6.54 Å². The standard InChI is InChI=1S/C12H10N4O/c17-12-6-9(7-15-12)16-8-1-2-10-11(5-8)14-4-3-13-10/h1-6,16H,7H2,(H,15,17). The fourth-order valence-corrected chi connectivity index (χ4v) is 1.75. The topological polar surface area (TPSA) is 66.9 Å². The zero-order valence-corrected chi connectivity index (χ0v) is 8.97. The lowest BCUT2D eigenvalue weighted by molar-refractivity contribution is -0.115. The van der Waals surface area contributed by atoms with Crippen molar-refractivity contribution in [2.24, 2.45) is 0 Å². The SMILES string of the molecule is O=C1C=C(Nc2ccc3nccnc3c2)CN1. The Labute approximate surface area is 97.6 Å². The fraction of sp³-hybridized carbons (Fsp3) is 0.0833. The number of carbonyl (C=O) groups excluding carboxylic acids is 1. The summed E-state index contributed by atoms with van der Waals surface area (Å²) in [5, 5.41) is 5.88. The quantitative estimate of drug-likeness (QED) is 0.803. The molecular formula is C12H10N4O. The molecule has 5 nitrogen and oxygen atoms in total. The van der Waals surface area contributed by atoms with Crippen LogP contribution in [0.4, 0.5) is 5.69 Å². The molecule has 1 aliphatic heterocycles. The van der Waals surface area contributed by atoms with Gasteiger partial charge >= 0.3 is 0 Å². The summed E-state index contributed by atoms with van der Waals surface area (Å²) in [7, 11) is 0. The normalized spacial score (nSPS) is 14.6. The summed E-state index contributed by atoms with van der Waals surface area (Å²) in [6.45, 7) is 0.539. The van der Waals surface area contributed by atoms with E-state index in [2.05, 4.69) is 20.6 Å².